The number of fused-ring (bicyclic) bond motifs is 1. The maximum atomic E-state index is 11.9. The molecule has 4 aromatic rings. The van der Waals surface area contributed by atoms with Gasteiger partial charge in [-0.1, -0.05) is 18.7 Å². The molecule has 9 nitrogen and oxygen atoms in total. The van der Waals surface area contributed by atoms with Crippen LogP contribution in [0, 0.1) is 11.3 Å². The van der Waals surface area contributed by atoms with Gasteiger partial charge in [0.1, 0.15) is 6.07 Å². The van der Waals surface area contributed by atoms with Crippen LogP contribution in [0.5, 0.6) is 0 Å². The number of carbonyl (C=O) groups excluding carboxylic acids is 1. The van der Waals surface area contributed by atoms with Crippen molar-refractivity contribution >= 4 is 17.1 Å². The third-order valence-corrected chi connectivity index (χ3v) is 7.85. The molecule has 2 fully saturated rings. The number of hydrogen-bond acceptors (Lipinski definition) is 6. The lowest BCUT2D eigenvalue weighted by Gasteiger charge is -2.35. The number of carbonyl (C=O) groups is 1. The molecule has 0 bridgehead atoms. The van der Waals surface area contributed by atoms with E-state index in [2.05, 4.69) is 69.2 Å². The van der Waals surface area contributed by atoms with Crippen LogP contribution in [0.4, 0.5) is 5.69 Å². The molecule has 0 unspecified atom stereocenters. The van der Waals surface area contributed by atoms with Gasteiger partial charge < -0.3 is 14.7 Å². The van der Waals surface area contributed by atoms with E-state index >= 15 is 0 Å². The minimum absolute atomic E-state index is 0.0138. The number of likely N-dealkylation sites (tertiary alicyclic amines) is 1. The van der Waals surface area contributed by atoms with E-state index < -0.39 is 0 Å². The van der Waals surface area contributed by atoms with Crippen LogP contribution < -0.4 is 4.90 Å². The van der Waals surface area contributed by atoms with E-state index in [1.54, 1.807) is 10.7 Å². The zero-order chi connectivity index (χ0) is 26.8. The van der Waals surface area contributed by atoms with Crippen molar-refractivity contribution in [3.05, 3.63) is 73.3 Å². The summed E-state index contributed by atoms with van der Waals surface area (Å²) >= 11 is 0. The zero-order valence-corrected chi connectivity index (χ0v) is 22.0. The van der Waals surface area contributed by atoms with Crippen LogP contribution >= 0.6 is 0 Å². The molecule has 0 atom stereocenters. The number of anilines is 1. The molecule has 0 spiro atoms. The molecule has 1 amide bonds. The first-order chi connectivity index (χ1) is 19.1. The number of rotatable bonds is 7. The highest BCUT2D eigenvalue weighted by atomic mass is 16.2. The minimum atomic E-state index is -0.0138. The van der Waals surface area contributed by atoms with Crippen LogP contribution in [-0.4, -0.2) is 80.9 Å². The Morgan fingerprint density at radius 1 is 0.923 bits per heavy atom. The average molecular weight is 521 g/mol. The van der Waals surface area contributed by atoms with Crippen molar-refractivity contribution in [1.82, 2.24) is 29.2 Å². The first-order valence-corrected chi connectivity index (χ1v) is 13.6. The topological polar surface area (TPSA) is 85.7 Å². The van der Waals surface area contributed by atoms with Gasteiger partial charge in [-0.25, -0.2) is 4.52 Å². The molecule has 0 aliphatic carbocycles. The summed E-state index contributed by atoms with van der Waals surface area (Å²) in [5.41, 5.74) is 6.47. The van der Waals surface area contributed by atoms with Crippen LogP contribution in [0.2, 0.25) is 0 Å². The van der Waals surface area contributed by atoms with E-state index in [4.69, 9.17) is 0 Å². The summed E-state index contributed by atoms with van der Waals surface area (Å²) < 4.78 is 3.81. The van der Waals surface area contributed by atoms with Crippen LogP contribution in [0.25, 0.3) is 27.8 Å². The van der Waals surface area contributed by atoms with E-state index in [0.29, 0.717) is 18.7 Å². The summed E-state index contributed by atoms with van der Waals surface area (Å²) in [5, 5.41) is 18.9. The van der Waals surface area contributed by atoms with Crippen molar-refractivity contribution in [3.63, 3.8) is 0 Å². The van der Waals surface area contributed by atoms with Gasteiger partial charge in [0, 0.05) is 67.5 Å². The summed E-state index contributed by atoms with van der Waals surface area (Å²) in [6.07, 6.45) is 11.6. The molecule has 6 rings (SSSR count). The zero-order valence-electron chi connectivity index (χ0n) is 22.0. The van der Waals surface area contributed by atoms with Crippen molar-refractivity contribution in [1.29, 1.82) is 5.26 Å². The van der Waals surface area contributed by atoms with Gasteiger partial charge in [-0.3, -0.25) is 9.48 Å². The monoisotopic (exact) mass is 520 g/mol. The highest BCUT2D eigenvalue weighted by molar-refractivity contribution is 5.88. The molecule has 2 aliphatic rings. The van der Waals surface area contributed by atoms with Gasteiger partial charge >= 0.3 is 0 Å². The van der Waals surface area contributed by atoms with Gasteiger partial charge in [-0.15, -0.1) is 0 Å². The largest absolute Gasteiger partial charge is 0.368 e. The van der Waals surface area contributed by atoms with E-state index in [0.717, 1.165) is 59.6 Å². The smallest absolute Gasteiger partial charge is 0.246 e. The molecule has 0 saturated carbocycles. The highest BCUT2D eigenvalue weighted by Gasteiger charge is 2.20. The Morgan fingerprint density at radius 2 is 1.69 bits per heavy atom. The molecule has 1 aromatic carbocycles. The maximum absolute atomic E-state index is 11.9. The van der Waals surface area contributed by atoms with E-state index in [1.165, 1.54) is 32.0 Å². The van der Waals surface area contributed by atoms with Crippen LogP contribution in [-0.2, 0) is 11.3 Å². The van der Waals surface area contributed by atoms with Gasteiger partial charge in [0.2, 0.25) is 5.91 Å². The lowest BCUT2D eigenvalue weighted by Crippen LogP contribution is -2.48. The van der Waals surface area contributed by atoms with Crippen molar-refractivity contribution in [2.24, 2.45) is 0 Å². The molecule has 0 radical (unpaired) electrons. The number of pyridine rings is 1. The number of amides is 1. The number of nitriles is 1. The maximum Gasteiger partial charge on any atom is 0.246 e. The molecule has 198 valence electrons. The summed E-state index contributed by atoms with van der Waals surface area (Å²) in [6.45, 7) is 10.8. The van der Waals surface area contributed by atoms with Gasteiger partial charge in [0.05, 0.1) is 30.0 Å². The Hall–Kier alpha value is -4.42. The Kier molecular flexibility index (Phi) is 6.86. The van der Waals surface area contributed by atoms with Crippen molar-refractivity contribution in [3.8, 4) is 28.3 Å². The second-order valence-corrected chi connectivity index (χ2v) is 10.2. The number of hydrogen-bond donors (Lipinski definition) is 0. The molecular weight excluding hydrogens is 488 g/mol. The van der Waals surface area contributed by atoms with E-state index in [1.807, 2.05) is 22.0 Å². The Morgan fingerprint density at radius 3 is 2.41 bits per heavy atom. The van der Waals surface area contributed by atoms with Gasteiger partial charge in [0.15, 0.2) is 0 Å². The van der Waals surface area contributed by atoms with Crippen molar-refractivity contribution in [2.75, 3.05) is 50.7 Å². The fourth-order valence-corrected chi connectivity index (χ4v) is 5.63. The predicted molar refractivity (Wildman–Crippen MR) is 151 cm³/mol. The summed E-state index contributed by atoms with van der Waals surface area (Å²) in [5.74, 6) is -0.0138. The molecule has 2 saturated heterocycles. The van der Waals surface area contributed by atoms with E-state index in [-0.39, 0.29) is 5.91 Å². The average Bonchev–Trinajstić information content (AvgIpc) is 3.76. The highest BCUT2D eigenvalue weighted by Crippen LogP contribution is 2.33. The minimum Gasteiger partial charge on any atom is -0.368 e. The standard InChI is InChI=1S/C30H32N8O/c1-2-29(39)36-14-12-35(13-15-36)27-7-5-23(6-8-27)28-17-24(22-38-30(28)25(18-31)19-33-38)26-20-32-37(21-26)16-11-34-9-3-4-10-34/h2,5-8,17,19-22H,1,3-4,9-16H2. The third kappa shape index (κ3) is 5.03. The van der Waals surface area contributed by atoms with Crippen LogP contribution in [0.3, 0.4) is 0 Å². The molecule has 2 aliphatic heterocycles. The Labute approximate surface area is 228 Å². The van der Waals surface area contributed by atoms with Gasteiger partial charge in [-0.05, 0) is 55.8 Å². The number of piperazine rings is 1. The van der Waals surface area contributed by atoms with E-state index in [9.17, 15) is 10.1 Å². The fraction of sp³-hybridized carbons (Fsp3) is 0.333. The first kappa shape index (κ1) is 24.9. The fourth-order valence-electron chi connectivity index (χ4n) is 5.63. The molecule has 3 aromatic heterocycles. The van der Waals surface area contributed by atoms with Crippen LogP contribution in [0.1, 0.15) is 18.4 Å². The SMILES string of the molecule is C=CC(=O)N1CCN(c2ccc(-c3cc(-c4cnn(CCN5CCCC5)c4)cn4ncc(C#N)c34)cc2)CC1. The predicted octanol–water partition coefficient (Wildman–Crippen LogP) is 3.67. The third-order valence-electron chi connectivity index (χ3n) is 7.85. The second-order valence-electron chi connectivity index (χ2n) is 10.2. The Bertz CT molecular complexity index is 1530. The molecule has 5 heterocycles. The molecule has 9 heteroatoms. The summed E-state index contributed by atoms with van der Waals surface area (Å²) in [4.78, 5) is 18.5. The first-order valence-electron chi connectivity index (χ1n) is 13.6. The van der Waals surface area contributed by atoms with Crippen LogP contribution in [0.15, 0.2) is 67.8 Å². The Balaban J connectivity index is 1.26. The van der Waals surface area contributed by atoms with Gasteiger partial charge in [-0.2, -0.15) is 15.5 Å². The number of benzene rings is 1. The molecular formula is C30H32N8O. The summed E-state index contributed by atoms with van der Waals surface area (Å²) in [7, 11) is 0. The molecule has 39 heavy (non-hydrogen) atoms. The van der Waals surface area contributed by atoms with Crippen molar-refractivity contribution < 1.29 is 4.79 Å². The lowest BCUT2D eigenvalue weighted by molar-refractivity contribution is -0.126. The van der Waals surface area contributed by atoms with Crippen molar-refractivity contribution in [2.45, 2.75) is 19.4 Å². The quantitative estimate of drug-likeness (QED) is 0.346. The number of nitrogens with zero attached hydrogens (tertiary/aromatic N) is 8. The number of aromatic nitrogens is 4. The second kappa shape index (κ2) is 10.8. The normalized spacial score (nSPS) is 16.1. The summed E-state index contributed by atoms with van der Waals surface area (Å²) in [6, 6.07) is 12.9. The lowest BCUT2D eigenvalue weighted by atomic mass is 9.99. The van der Waals surface area contributed by atoms with Gasteiger partial charge in [0.25, 0.3) is 0 Å². The molecule has 0 N–H and O–H groups in total.